The minimum Gasteiger partial charge on any atom is -0.490 e. The van der Waals surface area contributed by atoms with E-state index in [9.17, 15) is 0 Å². The van der Waals surface area contributed by atoms with Gasteiger partial charge < -0.3 is 14.6 Å². The SMILES string of the molecule is CC(C)(C)OCCOc1ccc(CO)cc1Br. The Morgan fingerprint density at radius 1 is 1.24 bits per heavy atom. The standard InChI is InChI=1S/C13H19BrO3/c1-13(2,3)17-7-6-16-12-5-4-10(9-15)8-11(12)14/h4-5,8,15H,6-7,9H2,1-3H3. The lowest BCUT2D eigenvalue weighted by Gasteiger charge is -2.19. The summed E-state index contributed by atoms with van der Waals surface area (Å²) in [5.41, 5.74) is 0.719. The van der Waals surface area contributed by atoms with Crippen molar-refractivity contribution in [3.63, 3.8) is 0 Å². The molecular weight excluding hydrogens is 284 g/mol. The Kier molecular flexibility index (Phi) is 5.43. The maximum atomic E-state index is 8.97. The van der Waals surface area contributed by atoms with E-state index in [2.05, 4.69) is 15.9 Å². The summed E-state index contributed by atoms with van der Waals surface area (Å²) in [6, 6.07) is 5.53. The number of hydrogen-bond donors (Lipinski definition) is 1. The van der Waals surface area contributed by atoms with Crippen molar-refractivity contribution in [3.05, 3.63) is 28.2 Å². The van der Waals surface area contributed by atoms with Crippen molar-refractivity contribution in [1.29, 1.82) is 0 Å². The molecule has 1 aromatic rings. The van der Waals surface area contributed by atoms with Gasteiger partial charge in [0.15, 0.2) is 0 Å². The minimum atomic E-state index is -0.138. The van der Waals surface area contributed by atoms with Crippen molar-refractivity contribution in [1.82, 2.24) is 0 Å². The fourth-order valence-corrected chi connectivity index (χ4v) is 1.80. The van der Waals surface area contributed by atoms with Gasteiger partial charge in [-0.3, -0.25) is 0 Å². The van der Waals surface area contributed by atoms with E-state index < -0.39 is 0 Å². The van der Waals surface area contributed by atoms with Crippen molar-refractivity contribution < 1.29 is 14.6 Å². The van der Waals surface area contributed by atoms with Gasteiger partial charge in [0.25, 0.3) is 0 Å². The van der Waals surface area contributed by atoms with E-state index >= 15 is 0 Å². The monoisotopic (exact) mass is 302 g/mol. The quantitative estimate of drug-likeness (QED) is 0.849. The Hall–Kier alpha value is -0.580. The van der Waals surface area contributed by atoms with Crippen LogP contribution in [0.5, 0.6) is 5.75 Å². The Morgan fingerprint density at radius 3 is 2.47 bits per heavy atom. The van der Waals surface area contributed by atoms with Crippen LogP contribution in [0.3, 0.4) is 0 Å². The van der Waals surface area contributed by atoms with Gasteiger partial charge >= 0.3 is 0 Å². The van der Waals surface area contributed by atoms with Crippen molar-refractivity contribution in [2.45, 2.75) is 33.0 Å². The number of hydrogen-bond acceptors (Lipinski definition) is 3. The lowest BCUT2D eigenvalue weighted by molar-refractivity contribution is -0.0163. The van der Waals surface area contributed by atoms with Gasteiger partial charge in [0.05, 0.1) is 23.3 Å². The van der Waals surface area contributed by atoms with Crippen LogP contribution in [-0.4, -0.2) is 23.9 Å². The first-order valence-corrected chi connectivity index (χ1v) is 6.38. The molecule has 0 saturated heterocycles. The summed E-state index contributed by atoms with van der Waals surface area (Å²) in [5, 5.41) is 8.97. The normalized spacial score (nSPS) is 11.6. The fraction of sp³-hybridized carbons (Fsp3) is 0.538. The molecule has 0 aliphatic heterocycles. The van der Waals surface area contributed by atoms with Gasteiger partial charge in [-0.25, -0.2) is 0 Å². The Bertz CT molecular complexity index is 358. The van der Waals surface area contributed by atoms with Gasteiger partial charge in [-0.1, -0.05) is 6.07 Å². The Balaban J connectivity index is 2.42. The molecule has 0 aromatic heterocycles. The summed E-state index contributed by atoms with van der Waals surface area (Å²) in [6.45, 7) is 7.13. The van der Waals surface area contributed by atoms with Crippen LogP contribution >= 0.6 is 15.9 Å². The first-order chi connectivity index (χ1) is 7.92. The second-order valence-corrected chi connectivity index (χ2v) is 5.59. The van der Waals surface area contributed by atoms with E-state index in [0.717, 1.165) is 15.8 Å². The topological polar surface area (TPSA) is 38.7 Å². The zero-order valence-electron chi connectivity index (χ0n) is 10.5. The molecule has 0 bridgehead atoms. The van der Waals surface area contributed by atoms with E-state index in [-0.39, 0.29) is 12.2 Å². The third-order valence-corrected chi connectivity index (χ3v) is 2.67. The summed E-state index contributed by atoms with van der Waals surface area (Å²) >= 11 is 3.40. The van der Waals surface area contributed by atoms with Crippen LogP contribution < -0.4 is 4.74 Å². The molecule has 1 aromatic carbocycles. The summed E-state index contributed by atoms with van der Waals surface area (Å²) in [7, 11) is 0. The molecule has 0 amide bonds. The first-order valence-electron chi connectivity index (χ1n) is 5.58. The third kappa shape index (κ3) is 5.52. The molecule has 0 saturated carbocycles. The predicted molar refractivity (Wildman–Crippen MR) is 71.3 cm³/mol. The maximum Gasteiger partial charge on any atom is 0.133 e. The second-order valence-electron chi connectivity index (χ2n) is 4.73. The molecule has 0 heterocycles. The lowest BCUT2D eigenvalue weighted by Crippen LogP contribution is -2.22. The highest BCUT2D eigenvalue weighted by atomic mass is 79.9. The van der Waals surface area contributed by atoms with Crippen LogP contribution in [-0.2, 0) is 11.3 Å². The molecule has 0 unspecified atom stereocenters. The van der Waals surface area contributed by atoms with Crippen molar-refractivity contribution in [2.24, 2.45) is 0 Å². The molecule has 0 fully saturated rings. The number of aliphatic hydroxyl groups excluding tert-OH is 1. The molecule has 0 spiro atoms. The van der Waals surface area contributed by atoms with E-state index in [1.54, 1.807) is 0 Å². The van der Waals surface area contributed by atoms with Gasteiger partial charge in [0, 0.05) is 0 Å². The fourth-order valence-electron chi connectivity index (χ4n) is 1.26. The highest BCUT2D eigenvalue weighted by molar-refractivity contribution is 9.10. The van der Waals surface area contributed by atoms with Crippen molar-refractivity contribution in [2.75, 3.05) is 13.2 Å². The number of aliphatic hydroxyl groups is 1. The average molecular weight is 303 g/mol. The molecule has 3 nitrogen and oxygen atoms in total. The molecule has 96 valence electrons. The van der Waals surface area contributed by atoms with Gasteiger partial charge in [-0.05, 0) is 54.4 Å². The second kappa shape index (κ2) is 6.38. The molecule has 0 aliphatic carbocycles. The summed E-state index contributed by atoms with van der Waals surface area (Å²) in [4.78, 5) is 0. The van der Waals surface area contributed by atoms with Crippen LogP contribution in [0.1, 0.15) is 26.3 Å². The van der Waals surface area contributed by atoms with E-state index in [1.807, 2.05) is 39.0 Å². The molecule has 4 heteroatoms. The maximum absolute atomic E-state index is 8.97. The molecular formula is C13H19BrO3. The van der Waals surface area contributed by atoms with Gasteiger partial charge in [0.1, 0.15) is 12.4 Å². The van der Waals surface area contributed by atoms with Crippen LogP contribution in [0, 0.1) is 0 Å². The van der Waals surface area contributed by atoms with Gasteiger partial charge in [0.2, 0.25) is 0 Å². The minimum absolute atomic E-state index is 0.0337. The Morgan fingerprint density at radius 2 is 1.94 bits per heavy atom. The average Bonchev–Trinajstić information content (AvgIpc) is 2.24. The zero-order valence-corrected chi connectivity index (χ0v) is 12.1. The third-order valence-electron chi connectivity index (χ3n) is 2.05. The predicted octanol–water partition coefficient (Wildman–Crippen LogP) is 3.14. The molecule has 0 atom stereocenters. The number of rotatable bonds is 5. The highest BCUT2D eigenvalue weighted by Crippen LogP contribution is 2.26. The van der Waals surface area contributed by atoms with Crippen LogP contribution in [0.4, 0.5) is 0 Å². The van der Waals surface area contributed by atoms with E-state index in [0.29, 0.717) is 13.2 Å². The summed E-state index contributed by atoms with van der Waals surface area (Å²) < 4.78 is 12.0. The van der Waals surface area contributed by atoms with Crippen LogP contribution in [0.2, 0.25) is 0 Å². The zero-order chi connectivity index (χ0) is 12.9. The largest absolute Gasteiger partial charge is 0.490 e. The molecule has 0 radical (unpaired) electrons. The Labute approximate surface area is 111 Å². The first kappa shape index (κ1) is 14.5. The molecule has 1 N–H and O–H groups in total. The lowest BCUT2D eigenvalue weighted by atomic mass is 10.2. The summed E-state index contributed by atoms with van der Waals surface area (Å²) in [6.07, 6.45) is 0. The van der Waals surface area contributed by atoms with Gasteiger partial charge in [-0.15, -0.1) is 0 Å². The summed E-state index contributed by atoms with van der Waals surface area (Å²) in [5.74, 6) is 0.764. The van der Waals surface area contributed by atoms with E-state index in [1.165, 1.54) is 0 Å². The molecule has 0 aliphatic rings. The smallest absolute Gasteiger partial charge is 0.133 e. The molecule has 1 rings (SSSR count). The van der Waals surface area contributed by atoms with Crippen molar-refractivity contribution >= 4 is 15.9 Å². The van der Waals surface area contributed by atoms with Gasteiger partial charge in [-0.2, -0.15) is 0 Å². The van der Waals surface area contributed by atoms with Crippen LogP contribution in [0.25, 0.3) is 0 Å². The van der Waals surface area contributed by atoms with E-state index in [4.69, 9.17) is 14.6 Å². The number of ether oxygens (including phenoxy) is 2. The number of benzene rings is 1. The highest BCUT2D eigenvalue weighted by Gasteiger charge is 2.09. The van der Waals surface area contributed by atoms with Crippen LogP contribution in [0.15, 0.2) is 22.7 Å². The molecule has 17 heavy (non-hydrogen) atoms. The van der Waals surface area contributed by atoms with Crippen molar-refractivity contribution in [3.8, 4) is 5.75 Å². The number of halogens is 1.